The van der Waals surface area contributed by atoms with Gasteiger partial charge in [-0.15, -0.1) is 0 Å². The van der Waals surface area contributed by atoms with Crippen LogP contribution >= 0.6 is 0 Å². The predicted octanol–water partition coefficient (Wildman–Crippen LogP) is 5.52. The molecule has 3 aromatic rings. The van der Waals surface area contributed by atoms with Gasteiger partial charge in [0.05, 0.1) is 22.3 Å². The van der Waals surface area contributed by atoms with E-state index >= 15 is 0 Å². The molecule has 1 aromatic heterocycles. The molecule has 0 radical (unpaired) electrons. The van der Waals surface area contributed by atoms with Crippen LogP contribution in [0, 0.1) is 0 Å². The van der Waals surface area contributed by atoms with Gasteiger partial charge in [-0.1, -0.05) is 56.4 Å². The number of nitrogens with zero attached hydrogens (tertiary/aromatic N) is 3. The summed E-state index contributed by atoms with van der Waals surface area (Å²) in [4.78, 5) is 33.5. The number of nitrogens with two attached hydrogens (primary N) is 1. The van der Waals surface area contributed by atoms with Crippen molar-refractivity contribution in [2.24, 2.45) is 5.73 Å². The average molecular weight is 500 g/mol. The van der Waals surface area contributed by atoms with Crippen LogP contribution in [-0.2, 0) is 0 Å². The number of nitrogens with one attached hydrogen (secondary N) is 1. The minimum Gasteiger partial charge on any atom is -0.366 e. The Morgan fingerprint density at radius 3 is 2.19 bits per heavy atom. The number of carbonyl (C=O) groups excluding carboxylic acids is 1. The number of hydrogen-bond donors (Lipinski definition) is 2. The molecule has 3 N–H and O–H groups in total. The first-order valence-corrected chi connectivity index (χ1v) is 14.0. The Balaban J connectivity index is 1.34. The molecule has 37 heavy (non-hydrogen) atoms. The van der Waals surface area contributed by atoms with E-state index in [1.54, 1.807) is 18.2 Å². The molecule has 3 heterocycles. The highest BCUT2D eigenvalue weighted by molar-refractivity contribution is 5.99. The lowest BCUT2D eigenvalue weighted by Gasteiger charge is -2.45. The maximum Gasteiger partial charge on any atom is 0.294 e. The number of rotatable bonds is 5. The molecular weight excluding hydrogens is 462 g/mol. The first-order chi connectivity index (χ1) is 18.1. The van der Waals surface area contributed by atoms with Gasteiger partial charge in [0.25, 0.3) is 11.5 Å². The van der Waals surface area contributed by atoms with E-state index in [0.29, 0.717) is 29.4 Å². The number of piperidine rings is 1. The first-order valence-electron chi connectivity index (χ1n) is 14.0. The van der Waals surface area contributed by atoms with Crippen molar-refractivity contribution in [3.8, 4) is 0 Å². The molecule has 1 amide bonds. The van der Waals surface area contributed by atoms with Crippen LogP contribution in [0.25, 0.3) is 11.0 Å². The van der Waals surface area contributed by atoms with E-state index in [2.05, 4.69) is 15.2 Å². The molecule has 2 aliphatic heterocycles. The monoisotopic (exact) mass is 499 g/mol. The zero-order chi connectivity index (χ0) is 25.4. The highest BCUT2D eigenvalue weighted by Crippen LogP contribution is 2.44. The van der Waals surface area contributed by atoms with Crippen molar-refractivity contribution in [2.45, 2.75) is 94.8 Å². The smallest absolute Gasteiger partial charge is 0.294 e. The van der Waals surface area contributed by atoms with Crippen molar-refractivity contribution in [2.75, 3.05) is 5.32 Å². The van der Waals surface area contributed by atoms with Crippen LogP contribution in [0.5, 0.6) is 0 Å². The SMILES string of the molecule is NC(=O)c1ccccc1Nc1nc2ccccc2n([C@H]2C[C@H]3CC[C@@H](C2)N3C2CCCCCCC2)c1=O. The fourth-order valence-electron chi connectivity index (χ4n) is 7.26. The van der Waals surface area contributed by atoms with Crippen molar-refractivity contribution in [3.05, 3.63) is 64.4 Å². The van der Waals surface area contributed by atoms with Crippen molar-refractivity contribution < 1.29 is 4.79 Å². The van der Waals surface area contributed by atoms with Crippen molar-refractivity contribution in [3.63, 3.8) is 0 Å². The molecule has 194 valence electrons. The van der Waals surface area contributed by atoms with Gasteiger partial charge in [0, 0.05) is 24.2 Å². The van der Waals surface area contributed by atoms with Gasteiger partial charge >= 0.3 is 0 Å². The number of fused-ring (bicyclic) bond motifs is 3. The van der Waals surface area contributed by atoms with Gasteiger partial charge in [0.2, 0.25) is 0 Å². The lowest BCUT2D eigenvalue weighted by Crippen LogP contribution is -2.50. The Labute approximate surface area is 218 Å². The zero-order valence-corrected chi connectivity index (χ0v) is 21.4. The Kier molecular flexibility index (Phi) is 6.72. The zero-order valence-electron chi connectivity index (χ0n) is 21.4. The normalized spacial score (nSPS) is 25.0. The predicted molar refractivity (Wildman–Crippen MR) is 147 cm³/mol. The number of primary amides is 1. The van der Waals surface area contributed by atoms with Crippen LogP contribution in [0.2, 0.25) is 0 Å². The minimum absolute atomic E-state index is 0.134. The molecule has 3 aliphatic rings. The second-order valence-corrected chi connectivity index (χ2v) is 11.1. The van der Waals surface area contributed by atoms with Crippen LogP contribution in [0.1, 0.15) is 87.0 Å². The summed E-state index contributed by atoms with van der Waals surface area (Å²) in [5.74, 6) is -0.301. The summed E-state index contributed by atoms with van der Waals surface area (Å²) in [5, 5.41) is 3.15. The topological polar surface area (TPSA) is 93.2 Å². The number of amides is 1. The summed E-state index contributed by atoms with van der Waals surface area (Å²) in [6.45, 7) is 0. The van der Waals surface area contributed by atoms with E-state index < -0.39 is 5.91 Å². The second kappa shape index (κ2) is 10.3. The highest BCUT2D eigenvalue weighted by atomic mass is 16.1. The fraction of sp³-hybridized carbons (Fsp3) is 0.500. The van der Waals surface area contributed by atoms with Gasteiger partial charge in [0.1, 0.15) is 0 Å². The van der Waals surface area contributed by atoms with Gasteiger partial charge in [-0.3, -0.25) is 14.5 Å². The number of para-hydroxylation sites is 3. The largest absolute Gasteiger partial charge is 0.366 e. The van der Waals surface area contributed by atoms with Gasteiger partial charge in [-0.25, -0.2) is 4.98 Å². The third-order valence-corrected chi connectivity index (χ3v) is 8.87. The molecule has 2 saturated heterocycles. The fourth-order valence-corrected chi connectivity index (χ4v) is 7.26. The minimum atomic E-state index is -0.539. The third kappa shape index (κ3) is 4.65. The Morgan fingerprint density at radius 2 is 1.46 bits per heavy atom. The molecule has 3 fully saturated rings. The van der Waals surface area contributed by atoms with E-state index in [4.69, 9.17) is 5.73 Å². The molecule has 0 spiro atoms. The Hall–Kier alpha value is -3.19. The summed E-state index contributed by atoms with van der Waals surface area (Å²) in [7, 11) is 0. The summed E-state index contributed by atoms with van der Waals surface area (Å²) in [5.41, 5.74) is 7.95. The van der Waals surface area contributed by atoms with E-state index in [1.165, 1.54) is 57.8 Å². The van der Waals surface area contributed by atoms with Crippen LogP contribution in [0.15, 0.2) is 53.3 Å². The number of aromatic nitrogens is 2. The van der Waals surface area contributed by atoms with Crippen molar-refractivity contribution >= 4 is 28.4 Å². The molecule has 2 bridgehead atoms. The van der Waals surface area contributed by atoms with Crippen LogP contribution in [0.4, 0.5) is 11.5 Å². The molecule has 3 atom stereocenters. The lowest BCUT2D eigenvalue weighted by molar-refractivity contribution is 0.0498. The van der Waals surface area contributed by atoms with E-state index in [0.717, 1.165) is 23.9 Å². The van der Waals surface area contributed by atoms with Crippen LogP contribution in [0.3, 0.4) is 0 Å². The molecule has 7 nitrogen and oxygen atoms in total. The standard InChI is InChI=1S/C30H37N5O2/c31-28(36)24-12-6-7-13-25(24)32-29-30(37)35(27-15-9-8-14-26(27)33-29)23-18-21-16-17-22(19-23)34(21)20-10-4-2-1-3-5-11-20/h6-9,12-15,20-23H,1-5,10-11,16-19H2,(H2,31,36)(H,32,33)/t21-,22+,23+. The van der Waals surface area contributed by atoms with Gasteiger partial charge in [-0.05, 0) is 62.8 Å². The molecule has 1 saturated carbocycles. The van der Waals surface area contributed by atoms with Crippen molar-refractivity contribution in [1.82, 2.24) is 14.5 Å². The Morgan fingerprint density at radius 1 is 0.811 bits per heavy atom. The van der Waals surface area contributed by atoms with E-state index in [1.807, 2.05) is 34.9 Å². The number of benzene rings is 2. The first kappa shape index (κ1) is 24.2. The van der Waals surface area contributed by atoms with Gasteiger partial charge in [0.15, 0.2) is 5.82 Å². The van der Waals surface area contributed by atoms with E-state index in [-0.39, 0.29) is 17.4 Å². The number of hydrogen-bond acceptors (Lipinski definition) is 5. The average Bonchev–Trinajstić information content (AvgIpc) is 3.13. The quantitative estimate of drug-likeness (QED) is 0.482. The summed E-state index contributed by atoms with van der Waals surface area (Å²) in [6.07, 6.45) is 13.9. The van der Waals surface area contributed by atoms with Crippen molar-refractivity contribution in [1.29, 1.82) is 0 Å². The summed E-state index contributed by atoms with van der Waals surface area (Å²) < 4.78 is 1.98. The summed E-state index contributed by atoms with van der Waals surface area (Å²) in [6, 6.07) is 16.8. The summed E-state index contributed by atoms with van der Waals surface area (Å²) >= 11 is 0. The van der Waals surface area contributed by atoms with Crippen LogP contribution in [-0.4, -0.2) is 38.5 Å². The molecule has 1 aliphatic carbocycles. The second-order valence-electron chi connectivity index (χ2n) is 11.1. The lowest BCUT2D eigenvalue weighted by atomic mass is 9.89. The van der Waals surface area contributed by atoms with Gasteiger partial charge < -0.3 is 15.6 Å². The highest BCUT2D eigenvalue weighted by Gasteiger charge is 2.44. The third-order valence-electron chi connectivity index (χ3n) is 8.87. The Bertz CT molecular complexity index is 1330. The van der Waals surface area contributed by atoms with Gasteiger partial charge in [-0.2, -0.15) is 0 Å². The maximum absolute atomic E-state index is 14.0. The molecule has 6 rings (SSSR count). The van der Waals surface area contributed by atoms with E-state index in [9.17, 15) is 9.59 Å². The number of carbonyl (C=O) groups is 1. The molecule has 2 aromatic carbocycles. The number of anilines is 2. The molecular formula is C30H37N5O2. The maximum atomic E-state index is 14.0. The molecule has 7 heteroatoms. The van der Waals surface area contributed by atoms with Crippen LogP contribution < -0.4 is 16.6 Å². The molecule has 0 unspecified atom stereocenters.